The average molecular weight is 803 g/mol. The molecule has 5 N–H and O–H groups in total. The molecule has 21 nitrogen and oxygen atoms in total. The second kappa shape index (κ2) is 15.6. The van der Waals surface area contributed by atoms with Crippen LogP contribution in [0.2, 0.25) is 0 Å². The van der Waals surface area contributed by atoms with Crippen molar-refractivity contribution in [3.8, 4) is 0 Å². The average Bonchev–Trinajstić information content (AvgIpc) is 3.95. The van der Waals surface area contributed by atoms with E-state index in [0.717, 1.165) is 0 Å². The quantitative estimate of drug-likeness (QED) is 0.155. The van der Waals surface area contributed by atoms with Crippen LogP contribution in [0.5, 0.6) is 0 Å². The Hall–Kier alpha value is -4.47. The molecule has 4 aromatic heterocycles. The molecule has 3 saturated heterocycles. The van der Waals surface area contributed by atoms with Gasteiger partial charge >= 0.3 is 17.2 Å². The Kier molecular flexibility index (Phi) is 10.6. The molecule has 2 unspecified atom stereocenters. The summed E-state index contributed by atoms with van der Waals surface area (Å²) in [6.45, 7) is 2.50. The third-order valence-electron chi connectivity index (χ3n) is 8.99. The van der Waals surface area contributed by atoms with Gasteiger partial charge in [-0.25, -0.2) is 24.3 Å². The number of nitrogens with zero attached hydrogens (tertiary/aromatic N) is 7. The van der Waals surface area contributed by atoms with E-state index in [0.29, 0.717) is 16.7 Å². The molecular formula is C31H33FN10O11P2. The molecule has 290 valence electrons. The molecule has 2 amide bonds. The molecule has 8 rings (SSSR count). The van der Waals surface area contributed by atoms with Crippen LogP contribution in [0.1, 0.15) is 43.1 Å². The fourth-order valence-electron chi connectivity index (χ4n) is 6.21. The van der Waals surface area contributed by atoms with Gasteiger partial charge in [0.05, 0.1) is 32.0 Å². The SMILES string of the molecule is CC(C)C(=O)Nc1nc2c(ncn2[C@@H]2O[C@@H]3COP(O)O[C@H]4C[C@H](n5cnc6c(NC(=O)c7ccccc7)ncnc65)O[C@@H]4COP(O)O[C@@H]2[C@@H]3F)c(=O)[nH]1. The third kappa shape index (κ3) is 7.58. The van der Waals surface area contributed by atoms with E-state index in [9.17, 15) is 24.2 Å². The first kappa shape index (κ1) is 37.5. The summed E-state index contributed by atoms with van der Waals surface area (Å²) < 4.78 is 53.7. The van der Waals surface area contributed by atoms with E-state index < -0.39 is 84.2 Å². The van der Waals surface area contributed by atoms with Gasteiger partial charge in [0.25, 0.3) is 11.5 Å². The number of rotatable bonds is 6. The Morgan fingerprint density at radius 2 is 1.64 bits per heavy atom. The number of H-pyrrole nitrogens is 1. The van der Waals surface area contributed by atoms with Crippen LogP contribution in [-0.2, 0) is 32.4 Å². The van der Waals surface area contributed by atoms with Crippen molar-refractivity contribution in [3.05, 3.63) is 65.2 Å². The maximum Gasteiger partial charge on any atom is 0.330 e. The van der Waals surface area contributed by atoms with Gasteiger partial charge in [0.1, 0.15) is 30.9 Å². The highest BCUT2D eigenvalue weighted by molar-refractivity contribution is 7.40. The Bertz CT molecular complexity index is 2260. The Balaban J connectivity index is 1.00. The Labute approximate surface area is 311 Å². The summed E-state index contributed by atoms with van der Waals surface area (Å²) in [4.78, 5) is 83.5. The first-order valence-electron chi connectivity index (χ1n) is 16.9. The zero-order chi connectivity index (χ0) is 38.4. The number of carbonyl (C=O) groups excluding carboxylic acids is 2. The molecule has 55 heavy (non-hydrogen) atoms. The molecule has 5 aromatic rings. The standard InChI is InChI=1S/C31H33FN10O11P2/c1-14(2)27(43)39-31-38-26-22(29(45)40-31)36-13-42(26)30-23-20(32)18(51-30)10-49-54(46)52-16-8-19(50-17(16)9-48-55(47)53-23)41-12-35-21-24(33-11-34-25(21)41)37-28(44)15-6-4-3-5-7-15/h3-7,11-14,16-20,23,30,46-47H,8-10H2,1-2H3,(H,33,34,37,44)(H2,38,39,40,43,45)/t16-,17+,18+,19+,20+,23+,30+,54?,55?/m0/s1. The van der Waals surface area contributed by atoms with Gasteiger partial charge in [0.15, 0.2) is 40.5 Å². The molecule has 2 bridgehead atoms. The van der Waals surface area contributed by atoms with E-state index in [1.165, 1.54) is 23.5 Å². The smallest absolute Gasteiger partial charge is 0.330 e. The number of halogens is 1. The zero-order valence-electron chi connectivity index (χ0n) is 28.8. The zero-order valence-corrected chi connectivity index (χ0v) is 30.6. The predicted molar refractivity (Wildman–Crippen MR) is 189 cm³/mol. The maximum atomic E-state index is 16.0. The number of fused-ring (bicyclic) bond motifs is 5. The molecule has 3 aliphatic rings. The Morgan fingerprint density at radius 3 is 2.42 bits per heavy atom. The van der Waals surface area contributed by atoms with Gasteiger partial charge in [-0.05, 0) is 12.1 Å². The predicted octanol–water partition coefficient (Wildman–Crippen LogP) is 2.58. The molecule has 3 fully saturated rings. The number of nitrogens with one attached hydrogen (secondary N) is 3. The van der Waals surface area contributed by atoms with Crippen molar-refractivity contribution in [2.45, 2.75) is 63.3 Å². The molecule has 3 aliphatic heterocycles. The number of ether oxygens (including phenoxy) is 2. The fraction of sp³-hybridized carbons (Fsp3) is 0.419. The molecular weight excluding hydrogens is 769 g/mol. The van der Waals surface area contributed by atoms with Crippen molar-refractivity contribution >= 4 is 63.1 Å². The minimum Gasteiger partial charge on any atom is -0.349 e. The number of hydrogen-bond acceptors (Lipinski definition) is 16. The number of imidazole rings is 2. The summed E-state index contributed by atoms with van der Waals surface area (Å²) in [5.41, 5.74) is 0.178. The van der Waals surface area contributed by atoms with Crippen LogP contribution < -0.4 is 16.2 Å². The number of aromatic nitrogens is 8. The summed E-state index contributed by atoms with van der Waals surface area (Å²) in [5.74, 6) is -1.21. The number of alkyl halides is 1. The van der Waals surface area contributed by atoms with Crippen LogP contribution in [0.25, 0.3) is 22.3 Å². The van der Waals surface area contributed by atoms with Gasteiger partial charge in [0, 0.05) is 17.9 Å². The number of anilines is 2. The molecule has 1 aromatic carbocycles. The topological polar surface area (TPSA) is 261 Å². The van der Waals surface area contributed by atoms with E-state index in [-0.39, 0.29) is 41.9 Å². The Morgan fingerprint density at radius 1 is 0.909 bits per heavy atom. The number of aromatic amines is 1. The van der Waals surface area contributed by atoms with E-state index >= 15 is 4.39 Å². The highest BCUT2D eigenvalue weighted by Gasteiger charge is 2.50. The number of hydrogen-bond donors (Lipinski definition) is 5. The summed E-state index contributed by atoms with van der Waals surface area (Å²) in [5, 5.41) is 5.26. The number of carbonyl (C=O) groups is 2. The molecule has 9 atom stereocenters. The molecule has 0 spiro atoms. The van der Waals surface area contributed by atoms with Crippen molar-refractivity contribution in [3.63, 3.8) is 0 Å². The normalized spacial score (nSPS) is 28.7. The monoisotopic (exact) mass is 802 g/mol. The minimum absolute atomic E-state index is 0.0662. The fourth-order valence-corrected chi connectivity index (χ4v) is 7.76. The van der Waals surface area contributed by atoms with Gasteiger partial charge in [-0.1, -0.05) is 32.0 Å². The van der Waals surface area contributed by atoms with Crippen molar-refractivity contribution < 1.29 is 51.3 Å². The largest absolute Gasteiger partial charge is 0.349 e. The second-order valence-electron chi connectivity index (χ2n) is 12.9. The summed E-state index contributed by atoms with van der Waals surface area (Å²) in [7, 11) is -5.41. The van der Waals surface area contributed by atoms with Gasteiger partial charge < -0.3 is 42.7 Å². The van der Waals surface area contributed by atoms with Crippen molar-refractivity contribution in [1.29, 1.82) is 0 Å². The van der Waals surface area contributed by atoms with Crippen LogP contribution in [0, 0.1) is 5.92 Å². The van der Waals surface area contributed by atoms with E-state index in [2.05, 4.69) is 40.5 Å². The van der Waals surface area contributed by atoms with Crippen LogP contribution >= 0.6 is 17.2 Å². The van der Waals surface area contributed by atoms with E-state index in [4.69, 9.17) is 27.6 Å². The van der Waals surface area contributed by atoms with Gasteiger partial charge in [-0.15, -0.1) is 0 Å². The summed E-state index contributed by atoms with van der Waals surface area (Å²) in [6.07, 6.45) is -4.64. The molecule has 0 aliphatic carbocycles. The number of amides is 2. The lowest BCUT2D eigenvalue weighted by Crippen LogP contribution is -2.31. The van der Waals surface area contributed by atoms with Crippen LogP contribution in [0.4, 0.5) is 16.2 Å². The lowest BCUT2D eigenvalue weighted by Gasteiger charge is -2.24. The van der Waals surface area contributed by atoms with Crippen LogP contribution in [0.3, 0.4) is 0 Å². The summed E-state index contributed by atoms with van der Waals surface area (Å²) in [6, 6.07) is 8.59. The molecule has 24 heteroatoms. The van der Waals surface area contributed by atoms with Gasteiger partial charge in [0.2, 0.25) is 11.9 Å². The molecule has 0 radical (unpaired) electrons. The van der Waals surface area contributed by atoms with Gasteiger partial charge in [-0.2, -0.15) is 4.98 Å². The molecule has 7 heterocycles. The van der Waals surface area contributed by atoms with Crippen LogP contribution in [-0.4, -0.2) is 104 Å². The second-order valence-corrected chi connectivity index (χ2v) is 14.8. The van der Waals surface area contributed by atoms with Crippen molar-refractivity contribution in [1.82, 2.24) is 39.0 Å². The highest BCUT2D eigenvalue weighted by Crippen LogP contribution is 2.48. The minimum atomic E-state index is -2.78. The highest BCUT2D eigenvalue weighted by atomic mass is 31.2. The first-order valence-corrected chi connectivity index (χ1v) is 19.1. The van der Waals surface area contributed by atoms with Crippen molar-refractivity contribution in [2.75, 3.05) is 23.8 Å². The summed E-state index contributed by atoms with van der Waals surface area (Å²) >= 11 is 0. The lowest BCUT2D eigenvalue weighted by molar-refractivity contribution is -0.118. The van der Waals surface area contributed by atoms with E-state index in [1.54, 1.807) is 48.7 Å². The van der Waals surface area contributed by atoms with Crippen LogP contribution in [0.15, 0.2) is 54.1 Å². The van der Waals surface area contributed by atoms with Crippen molar-refractivity contribution in [2.24, 2.45) is 5.92 Å². The van der Waals surface area contributed by atoms with Gasteiger partial charge in [-0.3, -0.25) is 33.8 Å². The van der Waals surface area contributed by atoms with E-state index in [1.807, 2.05) is 0 Å². The number of benzene rings is 1. The lowest BCUT2D eigenvalue weighted by atomic mass is 10.1. The maximum absolute atomic E-state index is 16.0. The first-order chi connectivity index (χ1) is 26.5. The molecule has 0 saturated carbocycles. The third-order valence-corrected chi connectivity index (χ3v) is 10.6.